The summed E-state index contributed by atoms with van der Waals surface area (Å²) in [5.41, 5.74) is 6.03. The first-order valence-electron chi connectivity index (χ1n) is 3.74. The molecule has 4 nitrogen and oxygen atoms in total. The van der Waals surface area contributed by atoms with Crippen LogP contribution in [0.15, 0.2) is 12.1 Å². The number of hydrogen-bond donors (Lipinski definition) is 2. The maximum Gasteiger partial charge on any atom is 0.184 e. The largest absolute Gasteiger partial charge is 0.504 e. The monoisotopic (exact) mass is 181 g/mol. The number of methoxy groups -OCH3 is 1. The maximum atomic E-state index is 11.0. The molecular formula is C9H11NO3. The molecule has 0 fully saturated rings. The summed E-state index contributed by atoms with van der Waals surface area (Å²) < 4.78 is 4.84. The molecule has 0 aliphatic heterocycles. The summed E-state index contributed by atoms with van der Waals surface area (Å²) in [6, 6.07) is 2.99. The Hall–Kier alpha value is -1.71. The van der Waals surface area contributed by atoms with Gasteiger partial charge >= 0.3 is 0 Å². The first-order valence-corrected chi connectivity index (χ1v) is 3.74. The number of nitrogens with two attached hydrogens (primary N) is 1. The Labute approximate surface area is 75.9 Å². The first kappa shape index (κ1) is 9.38. The Morgan fingerprint density at radius 3 is 2.62 bits per heavy atom. The highest BCUT2D eigenvalue weighted by atomic mass is 16.5. The molecule has 13 heavy (non-hydrogen) atoms. The van der Waals surface area contributed by atoms with Crippen molar-refractivity contribution in [2.45, 2.75) is 6.92 Å². The number of carbonyl (C=O) groups is 1. The minimum absolute atomic E-state index is 0.146. The molecule has 0 unspecified atom stereocenters. The molecule has 1 aromatic carbocycles. The molecule has 0 atom stereocenters. The molecule has 0 amide bonds. The lowest BCUT2D eigenvalue weighted by molar-refractivity contribution is 0.101. The molecule has 0 aliphatic carbocycles. The Morgan fingerprint density at radius 2 is 2.15 bits per heavy atom. The number of phenolic OH excluding ortho intramolecular Hbond substituents is 1. The predicted octanol–water partition coefficient (Wildman–Crippen LogP) is 1.19. The highest BCUT2D eigenvalue weighted by Gasteiger charge is 2.13. The number of hydrogen-bond acceptors (Lipinski definition) is 4. The molecular weight excluding hydrogens is 170 g/mol. The van der Waals surface area contributed by atoms with Gasteiger partial charge in [-0.15, -0.1) is 0 Å². The molecule has 3 N–H and O–H groups in total. The summed E-state index contributed by atoms with van der Waals surface area (Å²) in [4.78, 5) is 11.0. The van der Waals surface area contributed by atoms with Gasteiger partial charge in [0.15, 0.2) is 17.3 Å². The van der Waals surface area contributed by atoms with Gasteiger partial charge in [0.25, 0.3) is 0 Å². The van der Waals surface area contributed by atoms with E-state index in [1.807, 2.05) is 0 Å². The number of nitrogen functional groups attached to an aromatic ring is 1. The molecule has 0 saturated heterocycles. The van der Waals surface area contributed by atoms with E-state index >= 15 is 0 Å². The second-order valence-electron chi connectivity index (χ2n) is 2.64. The van der Waals surface area contributed by atoms with Crippen molar-refractivity contribution in [3.05, 3.63) is 17.7 Å². The molecule has 70 valence electrons. The Bertz CT molecular complexity index is 347. The van der Waals surface area contributed by atoms with Gasteiger partial charge in [-0.25, -0.2) is 0 Å². The summed E-state index contributed by atoms with van der Waals surface area (Å²) in [7, 11) is 1.38. The number of ether oxygens (including phenoxy) is 1. The van der Waals surface area contributed by atoms with E-state index in [0.717, 1.165) is 0 Å². The van der Waals surface area contributed by atoms with E-state index in [1.165, 1.54) is 26.2 Å². The smallest absolute Gasteiger partial charge is 0.184 e. The fraction of sp³-hybridized carbons (Fsp3) is 0.222. The second kappa shape index (κ2) is 3.35. The lowest BCUT2D eigenvalue weighted by Gasteiger charge is -2.08. The van der Waals surface area contributed by atoms with Gasteiger partial charge < -0.3 is 15.6 Å². The van der Waals surface area contributed by atoms with Crippen molar-refractivity contribution < 1.29 is 14.6 Å². The van der Waals surface area contributed by atoms with Crippen LogP contribution in [-0.2, 0) is 0 Å². The number of Topliss-reactive ketones (excluding diaryl/α,β-unsaturated/α-hetero) is 1. The molecule has 0 saturated carbocycles. The van der Waals surface area contributed by atoms with Crippen LogP contribution in [0.25, 0.3) is 0 Å². The fourth-order valence-electron chi connectivity index (χ4n) is 1.09. The van der Waals surface area contributed by atoms with Crippen LogP contribution in [0.3, 0.4) is 0 Å². The van der Waals surface area contributed by atoms with Gasteiger partial charge in [0.2, 0.25) is 0 Å². The zero-order valence-electron chi connectivity index (χ0n) is 7.50. The van der Waals surface area contributed by atoms with Crippen molar-refractivity contribution in [2.75, 3.05) is 12.8 Å². The van der Waals surface area contributed by atoms with Crippen molar-refractivity contribution in [2.24, 2.45) is 0 Å². The van der Waals surface area contributed by atoms with Gasteiger partial charge in [0, 0.05) is 0 Å². The quantitative estimate of drug-likeness (QED) is 0.531. The van der Waals surface area contributed by atoms with Crippen LogP contribution in [0.5, 0.6) is 11.5 Å². The average Bonchev–Trinajstić information content (AvgIpc) is 2.04. The number of carbonyl (C=O) groups excluding carboxylic acids is 1. The zero-order chi connectivity index (χ0) is 10.0. The van der Waals surface area contributed by atoms with Crippen molar-refractivity contribution in [3.63, 3.8) is 0 Å². The number of ketones is 1. The third-order valence-electron chi connectivity index (χ3n) is 1.75. The molecule has 1 rings (SSSR count). The van der Waals surface area contributed by atoms with Gasteiger partial charge in [-0.1, -0.05) is 0 Å². The zero-order valence-corrected chi connectivity index (χ0v) is 7.50. The molecule has 0 bridgehead atoms. The van der Waals surface area contributed by atoms with Crippen molar-refractivity contribution in [3.8, 4) is 11.5 Å². The summed E-state index contributed by atoms with van der Waals surface area (Å²) in [6.45, 7) is 1.37. The van der Waals surface area contributed by atoms with Gasteiger partial charge in [-0.3, -0.25) is 4.79 Å². The maximum absolute atomic E-state index is 11.0. The van der Waals surface area contributed by atoms with Crippen molar-refractivity contribution in [1.29, 1.82) is 0 Å². The minimum Gasteiger partial charge on any atom is -0.504 e. The van der Waals surface area contributed by atoms with Crippen LogP contribution in [-0.4, -0.2) is 18.0 Å². The van der Waals surface area contributed by atoms with Crippen molar-refractivity contribution >= 4 is 11.5 Å². The van der Waals surface area contributed by atoms with Crippen LogP contribution >= 0.6 is 0 Å². The standard InChI is InChI=1S/C9H11NO3/c1-5(11)6-3-4-7(10)9(13-2)8(6)12/h3-4,12H,10H2,1-2H3. The summed E-state index contributed by atoms with van der Waals surface area (Å²) in [6.07, 6.45) is 0. The van der Waals surface area contributed by atoms with E-state index < -0.39 is 0 Å². The first-order chi connectivity index (χ1) is 6.07. The number of aromatic hydroxyl groups is 1. The number of phenols is 1. The molecule has 0 aliphatic rings. The summed E-state index contributed by atoms with van der Waals surface area (Å²) >= 11 is 0. The van der Waals surface area contributed by atoms with Crippen LogP contribution in [0.2, 0.25) is 0 Å². The molecule has 0 radical (unpaired) electrons. The lowest BCUT2D eigenvalue weighted by Crippen LogP contribution is -1.98. The van der Waals surface area contributed by atoms with Crippen molar-refractivity contribution in [1.82, 2.24) is 0 Å². The van der Waals surface area contributed by atoms with E-state index in [9.17, 15) is 9.90 Å². The van der Waals surface area contributed by atoms with Gasteiger partial charge in [-0.2, -0.15) is 0 Å². The molecule has 1 aromatic rings. The van der Waals surface area contributed by atoms with Crippen LogP contribution in [0.4, 0.5) is 5.69 Å². The Morgan fingerprint density at radius 1 is 1.54 bits per heavy atom. The van der Waals surface area contributed by atoms with E-state index in [-0.39, 0.29) is 22.8 Å². The number of rotatable bonds is 2. The van der Waals surface area contributed by atoms with Gasteiger partial charge in [-0.05, 0) is 19.1 Å². The number of anilines is 1. The number of benzene rings is 1. The molecule has 0 heterocycles. The molecule has 4 heteroatoms. The van der Waals surface area contributed by atoms with Crippen LogP contribution in [0.1, 0.15) is 17.3 Å². The Balaban J connectivity index is 3.35. The lowest BCUT2D eigenvalue weighted by atomic mass is 10.1. The van der Waals surface area contributed by atoms with Crippen LogP contribution in [0, 0.1) is 0 Å². The Kier molecular flexibility index (Phi) is 2.41. The van der Waals surface area contributed by atoms with Gasteiger partial charge in [0.05, 0.1) is 18.4 Å². The van der Waals surface area contributed by atoms with E-state index in [0.29, 0.717) is 5.69 Å². The molecule has 0 aromatic heterocycles. The predicted molar refractivity (Wildman–Crippen MR) is 49.1 cm³/mol. The van der Waals surface area contributed by atoms with E-state index in [4.69, 9.17) is 10.5 Å². The summed E-state index contributed by atoms with van der Waals surface area (Å²) in [5.74, 6) is -0.279. The topological polar surface area (TPSA) is 72.5 Å². The minimum atomic E-state index is -0.226. The second-order valence-corrected chi connectivity index (χ2v) is 2.64. The third kappa shape index (κ3) is 1.56. The van der Waals surface area contributed by atoms with Crippen LogP contribution < -0.4 is 10.5 Å². The highest BCUT2D eigenvalue weighted by Crippen LogP contribution is 2.35. The summed E-state index contributed by atoms with van der Waals surface area (Å²) in [5, 5.41) is 9.51. The normalized spacial score (nSPS) is 9.69. The average molecular weight is 181 g/mol. The van der Waals surface area contributed by atoms with E-state index in [1.54, 1.807) is 0 Å². The molecule has 0 spiro atoms. The van der Waals surface area contributed by atoms with Gasteiger partial charge in [0.1, 0.15) is 0 Å². The van der Waals surface area contributed by atoms with E-state index in [2.05, 4.69) is 0 Å². The third-order valence-corrected chi connectivity index (χ3v) is 1.75. The SMILES string of the molecule is COc1c(N)ccc(C(C)=O)c1O. The fourth-order valence-corrected chi connectivity index (χ4v) is 1.09. The highest BCUT2D eigenvalue weighted by molar-refractivity contribution is 5.98.